The van der Waals surface area contributed by atoms with E-state index in [4.69, 9.17) is 33.0 Å². The second kappa shape index (κ2) is 9.09. The van der Waals surface area contributed by atoms with E-state index in [1.807, 2.05) is 55.5 Å². The van der Waals surface area contributed by atoms with Crippen molar-refractivity contribution in [3.8, 4) is 5.75 Å². The lowest BCUT2D eigenvalue weighted by Gasteiger charge is -2.23. The summed E-state index contributed by atoms with van der Waals surface area (Å²) >= 11 is 12.7. The summed E-state index contributed by atoms with van der Waals surface area (Å²) in [5.74, 6) is 0.523. The molecular formula is C27H21Cl2N3O2. The summed E-state index contributed by atoms with van der Waals surface area (Å²) in [4.78, 5) is 18.2. The van der Waals surface area contributed by atoms with Crippen LogP contribution in [0.25, 0.3) is 10.9 Å². The van der Waals surface area contributed by atoms with Crippen LogP contribution in [0.15, 0.2) is 77.9 Å². The Morgan fingerprint density at radius 1 is 1.00 bits per heavy atom. The van der Waals surface area contributed by atoms with Crippen molar-refractivity contribution in [1.82, 2.24) is 9.99 Å². The van der Waals surface area contributed by atoms with Gasteiger partial charge in [0, 0.05) is 28.0 Å². The molecule has 7 heteroatoms. The largest absolute Gasteiger partial charge is 0.497 e. The van der Waals surface area contributed by atoms with Crippen LogP contribution in [0, 0.1) is 6.92 Å². The molecule has 1 aliphatic heterocycles. The number of ether oxygens (including phenoxy) is 1. The summed E-state index contributed by atoms with van der Waals surface area (Å²) in [5, 5.41) is 8.14. The number of nitrogens with zero attached hydrogens (tertiary/aromatic N) is 3. The van der Waals surface area contributed by atoms with Gasteiger partial charge in [-0.15, -0.1) is 0 Å². The summed E-state index contributed by atoms with van der Waals surface area (Å²) in [6, 6.07) is 22.1. The monoisotopic (exact) mass is 489 g/mol. The maximum atomic E-state index is 13.5. The quantitative estimate of drug-likeness (QED) is 0.294. The number of amides is 1. The van der Waals surface area contributed by atoms with Crippen LogP contribution in [0.4, 0.5) is 0 Å². The van der Waals surface area contributed by atoms with Crippen molar-refractivity contribution >= 4 is 45.7 Å². The minimum Gasteiger partial charge on any atom is -0.497 e. The van der Waals surface area contributed by atoms with Crippen LogP contribution in [-0.2, 0) is 0 Å². The second-order valence-corrected chi connectivity index (χ2v) is 9.01. The number of hydrogen-bond acceptors (Lipinski definition) is 4. The first-order valence-electron chi connectivity index (χ1n) is 10.8. The topological polar surface area (TPSA) is 54.8 Å². The molecule has 0 saturated heterocycles. The van der Waals surface area contributed by atoms with Gasteiger partial charge in [0.2, 0.25) is 0 Å². The fourth-order valence-corrected chi connectivity index (χ4v) is 4.52. The molecule has 5 nitrogen and oxygen atoms in total. The number of pyridine rings is 1. The number of carbonyl (C=O) groups excluding carboxylic acids is 1. The van der Waals surface area contributed by atoms with Crippen molar-refractivity contribution < 1.29 is 9.53 Å². The molecule has 0 N–H and O–H groups in total. The predicted octanol–water partition coefficient (Wildman–Crippen LogP) is 6.85. The molecule has 170 valence electrons. The van der Waals surface area contributed by atoms with Crippen molar-refractivity contribution in [3.05, 3.63) is 105 Å². The highest BCUT2D eigenvalue weighted by Gasteiger charge is 2.35. The van der Waals surface area contributed by atoms with Crippen LogP contribution in [0.2, 0.25) is 10.2 Å². The Labute approximate surface area is 207 Å². The molecule has 1 unspecified atom stereocenters. The molecule has 0 bridgehead atoms. The molecule has 5 rings (SSSR count). The summed E-state index contributed by atoms with van der Waals surface area (Å²) in [6.07, 6.45) is 0.504. The average molecular weight is 490 g/mol. The molecule has 2 heterocycles. The van der Waals surface area contributed by atoms with Gasteiger partial charge in [-0.1, -0.05) is 35.3 Å². The van der Waals surface area contributed by atoms with Crippen molar-refractivity contribution in [3.63, 3.8) is 0 Å². The minimum atomic E-state index is -0.397. The highest BCUT2D eigenvalue weighted by molar-refractivity contribution is 6.31. The number of hydrazone groups is 1. The lowest BCUT2D eigenvalue weighted by Crippen LogP contribution is -2.27. The zero-order chi connectivity index (χ0) is 23.8. The smallest absolute Gasteiger partial charge is 0.274 e. The van der Waals surface area contributed by atoms with Gasteiger partial charge in [-0.3, -0.25) is 4.79 Å². The molecule has 0 fully saturated rings. The summed E-state index contributed by atoms with van der Waals surface area (Å²) in [5.41, 5.74) is 4.88. The van der Waals surface area contributed by atoms with E-state index in [1.165, 1.54) is 5.01 Å². The lowest BCUT2D eigenvalue weighted by molar-refractivity contribution is 0.0711. The van der Waals surface area contributed by atoms with E-state index >= 15 is 0 Å². The van der Waals surface area contributed by atoms with Gasteiger partial charge >= 0.3 is 0 Å². The number of methoxy groups -OCH3 is 1. The summed E-state index contributed by atoms with van der Waals surface area (Å²) in [6.45, 7) is 2.02. The van der Waals surface area contributed by atoms with E-state index in [9.17, 15) is 4.79 Å². The zero-order valence-electron chi connectivity index (χ0n) is 18.6. The third-order valence-corrected chi connectivity index (χ3v) is 6.50. The number of aryl methyl sites for hydroxylation is 1. The van der Waals surface area contributed by atoms with Gasteiger partial charge in [-0.25, -0.2) is 9.99 Å². The number of rotatable bonds is 4. The third kappa shape index (κ3) is 4.25. The maximum Gasteiger partial charge on any atom is 0.274 e. The first kappa shape index (κ1) is 22.4. The summed E-state index contributed by atoms with van der Waals surface area (Å²) in [7, 11) is 1.63. The Bertz CT molecular complexity index is 1420. The molecule has 0 spiro atoms. The van der Waals surface area contributed by atoms with Crippen LogP contribution >= 0.6 is 23.2 Å². The zero-order valence-corrected chi connectivity index (χ0v) is 20.1. The van der Waals surface area contributed by atoms with E-state index < -0.39 is 6.04 Å². The van der Waals surface area contributed by atoms with Gasteiger partial charge in [-0.2, -0.15) is 5.10 Å². The molecule has 4 aromatic rings. The Hall–Kier alpha value is -3.41. The van der Waals surface area contributed by atoms with Gasteiger partial charge in [0.1, 0.15) is 10.9 Å². The van der Waals surface area contributed by atoms with Gasteiger partial charge in [-0.05, 0) is 78.7 Å². The average Bonchev–Trinajstić information content (AvgIpc) is 3.29. The molecule has 34 heavy (non-hydrogen) atoms. The van der Waals surface area contributed by atoms with Crippen LogP contribution in [0.1, 0.15) is 39.5 Å². The van der Waals surface area contributed by atoms with Crippen LogP contribution in [0.3, 0.4) is 0 Å². The van der Waals surface area contributed by atoms with Gasteiger partial charge in [0.15, 0.2) is 0 Å². The van der Waals surface area contributed by atoms with Crippen molar-refractivity contribution in [2.45, 2.75) is 19.4 Å². The Balaban J connectivity index is 1.58. The highest BCUT2D eigenvalue weighted by atomic mass is 35.5. The molecule has 1 aromatic heterocycles. The minimum absolute atomic E-state index is 0.231. The molecule has 1 aliphatic rings. The number of fused-ring (bicyclic) bond motifs is 1. The maximum absolute atomic E-state index is 13.5. The lowest BCUT2D eigenvalue weighted by atomic mass is 9.97. The predicted molar refractivity (Wildman–Crippen MR) is 136 cm³/mol. The number of carbonyl (C=O) groups is 1. The normalized spacial score (nSPS) is 15.5. The van der Waals surface area contributed by atoms with Crippen LogP contribution in [0.5, 0.6) is 5.75 Å². The third-order valence-electron chi connectivity index (χ3n) is 5.95. The molecule has 0 radical (unpaired) electrons. The standard InChI is InChI=1S/C27H21Cl2N3O2/c1-16-3-4-19-14-22(26(29)30-23(19)13-16)25-15-24(17-7-11-21(34-2)12-8-17)31-32(25)27(33)18-5-9-20(28)10-6-18/h3-14,25H,15H2,1-2H3. The van der Waals surface area contributed by atoms with E-state index in [1.54, 1.807) is 31.4 Å². The van der Waals surface area contributed by atoms with E-state index in [-0.39, 0.29) is 5.91 Å². The van der Waals surface area contributed by atoms with Gasteiger partial charge in [0.05, 0.1) is 24.4 Å². The molecule has 3 aromatic carbocycles. The van der Waals surface area contributed by atoms with Crippen LogP contribution < -0.4 is 4.74 Å². The van der Waals surface area contributed by atoms with E-state index in [2.05, 4.69) is 4.98 Å². The molecule has 1 atom stereocenters. The first-order chi connectivity index (χ1) is 16.4. The first-order valence-corrected chi connectivity index (χ1v) is 11.6. The number of aromatic nitrogens is 1. The van der Waals surface area contributed by atoms with E-state index in [0.29, 0.717) is 22.2 Å². The molecule has 0 aliphatic carbocycles. The van der Waals surface area contributed by atoms with E-state index in [0.717, 1.165) is 39.1 Å². The Kier molecular flexibility index (Phi) is 5.98. The van der Waals surface area contributed by atoms with Crippen molar-refractivity contribution in [1.29, 1.82) is 0 Å². The van der Waals surface area contributed by atoms with Crippen LogP contribution in [-0.4, -0.2) is 28.7 Å². The Morgan fingerprint density at radius 2 is 1.74 bits per heavy atom. The number of hydrogen-bond donors (Lipinski definition) is 0. The SMILES string of the molecule is COc1ccc(C2=NN(C(=O)c3ccc(Cl)cc3)C(c3cc4ccc(C)cc4nc3Cl)C2)cc1. The fourth-order valence-electron chi connectivity index (χ4n) is 4.13. The summed E-state index contributed by atoms with van der Waals surface area (Å²) < 4.78 is 5.27. The van der Waals surface area contributed by atoms with Crippen molar-refractivity contribution in [2.75, 3.05) is 7.11 Å². The number of halogens is 2. The highest BCUT2D eigenvalue weighted by Crippen LogP contribution is 2.38. The van der Waals surface area contributed by atoms with Gasteiger partial charge < -0.3 is 4.74 Å². The van der Waals surface area contributed by atoms with Gasteiger partial charge in [0.25, 0.3) is 5.91 Å². The molecule has 0 saturated carbocycles. The molecular weight excluding hydrogens is 469 g/mol. The number of benzene rings is 3. The fraction of sp³-hybridized carbons (Fsp3) is 0.148. The van der Waals surface area contributed by atoms with Crippen molar-refractivity contribution in [2.24, 2.45) is 5.10 Å². The molecule has 1 amide bonds. The Morgan fingerprint density at radius 3 is 2.44 bits per heavy atom. The second-order valence-electron chi connectivity index (χ2n) is 8.22.